The molecule has 4 heterocycles. The minimum absolute atomic E-state index is 0.0893. The number of aromatic nitrogens is 5. The number of halogens is 1. The van der Waals surface area contributed by atoms with Crippen molar-refractivity contribution in [3.05, 3.63) is 66.7 Å². The summed E-state index contributed by atoms with van der Waals surface area (Å²) >= 11 is 0. The van der Waals surface area contributed by atoms with E-state index < -0.39 is 12.2 Å². The molecule has 1 aromatic carbocycles. The molecular weight excluding hydrogens is 397 g/mol. The standard InChI is InChI=1S/C22H20FN7O/c1-14-5-6-16(11-18(14)20-26-12-17-4-2-9-30(17)28-20)27-21(31)19-10-15(23)13-29(19)22-24-7-3-8-25-22/h2-9,11-12,15,19H,10,13H2,1H3,(H,27,31)/t15-,19+/m1/s1. The topological polar surface area (TPSA) is 88.3 Å². The Morgan fingerprint density at radius 1 is 1.16 bits per heavy atom. The Kier molecular flexibility index (Phi) is 4.78. The minimum atomic E-state index is -1.12. The number of nitrogens with zero attached hydrogens (tertiary/aromatic N) is 6. The van der Waals surface area contributed by atoms with Crippen LogP contribution >= 0.6 is 0 Å². The molecule has 1 fully saturated rings. The van der Waals surface area contributed by atoms with Gasteiger partial charge in [-0.05, 0) is 42.8 Å². The third-order valence-electron chi connectivity index (χ3n) is 5.39. The first-order chi connectivity index (χ1) is 15.1. The van der Waals surface area contributed by atoms with Gasteiger partial charge in [0.05, 0.1) is 18.3 Å². The van der Waals surface area contributed by atoms with Crippen LogP contribution in [0, 0.1) is 6.92 Å². The average molecular weight is 417 g/mol. The van der Waals surface area contributed by atoms with Gasteiger partial charge in [0, 0.05) is 36.3 Å². The maximum Gasteiger partial charge on any atom is 0.247 e. The second-order valence-electron chi connectivity index (χ2n) is 7.53. The maximum absolute atomic E-state index is 14.2. The van der Waals surface area contributed by atoms with Gasteiger partial charge in [-0.1, -0.05) is 6.07 Å². The van der Waals surface area contributed by atoms with Crippen LogP contribution in [0.1, 0.15) is 12.0 Å². The summed E-state index contributed by atoms with van der Waals surface area (Å²) in [6.45, 7) is 2.05. The molecule has 9 heteroatoms. The molecule has 0 bridgehead atoms. The molecule has 0 unspecified atom stereocenters. The molecule has 1 aliphatic rings. The highest BCUT2D eigenvalue weighted by atomic mass is 19.1. The molecular formula is C22H20FN7O. The number of carbonyl (C=O) groups is 1. The van der Waals surface area contributed by atoms with E-state index in [0.29, 0.717) is 17.5 Å². The van der Waals surface area contributed by atoms with Crippen LogP contribution in [0.15, 0.2) is 61.2 Å². The zero-order chi connectivity index (χ0) is 21.4. The summed E-state index contributed by atoms with van der Waals surface area (Å²) in [6, 6.07) is 10.4. The van der Waals surface area contributed by atoms with Gasteiger partial charge < -0.3 is 10.2 Å². The third-order valence-corrected chi connectivity index (χ3v) is 5.39. The number of hydrogen-bond donors (Lipinski definition) is 1. The molecule has 0 spiro atoms. The summed E-state index contributed by atoms with van der Waals surface area (Å²) < 4.78 is 15.9. The highest BCUT2D eigenvalue weighted by Crippen LogP contribution is 2.27. The number of fused-ring (bicyclic) bond motifs is 1. The summed E-state index contributed by atoms with van der Waals surface area (Å²) in [5.41, 5.74) is 3.29. The first kappa shape index (κ1) is 19.1. The number of nitrogens with one attached hydrogen (secondary N) is 1. The Labute approximate surface area is 177 Å². The van der Waals surface area contributed by atoms with E-state index >= 15 is 0 Å². The Hall–Kier alpha value is -3.88. The van der Waals surface area contributed by atoms with E-state index in [1.165, 1.54) is 0 Å². The molecule has 2 atom stereocenters. The number of carbonyl (C=O) groups excluding carboxylic acids is 1. The Morgan fingerprint density at radius 2 is 2.00 bits per heavy atom. The van der Waals surface area contributed by atoms with Crippen LogP contribution in [-0.4, -0.2) is 49.2 Å². The van der Waals surface area contributed by atoms with Crippen molar-refractivity contribution in [2.45, 2.75) is 25.6 Å². The number of amides is 1. The van der Waals surface area contributed by atoms with Gasteiger partial charge in [-0.2, -0.15) is 0 Å². The molecule has 0 radical (unpaired) electrons. The molecule has 1 aliphatic heterocycles. The molecule has 156 valence electrons. The van der Waals surface area contributed by atoms with E-state index in [-0.39, 0.29) is 18.9 Å². The van der Waals surface area contributed by atoms with Gasteiger partial charge in [-0.3, -0.25) is 4.79 Å². The molecule has 8 nitrogen and oxygen atoms in total. The Balaban J connectivity index is 1.40. The number of benzene rings is 1. The molecule has 1 amide bonds. The lowest BCUT2D eigenvalue weighted by molar-refractivity contribution is -0.117. The lowest BCUT2D eigenvalue weighted by Crippen LogP contribution is -2.40. The zero-order valence-corrected chi connectivity index (χ0v) is 16.8. The van der Waals surface area contributed by atoms with Gasteiger partial charge in [-0.15, -0.1) is 5.10 Å². The molecule has 31 heavy (non-hydrogen) atoms. The fourth-order valence-electron chi connectivity index (χ4n) is 3.82. The normalized spacial score (nSPS) is 18.5. The molecule has 0 aliphatic carbocycles. The lowest BCUT2D eigenvalue weighted by atomic mass is 10.1. The van der Waals surface area contributed by atoms with Crippen molar-refractivity contribution < 1.29 is 9.18 Å². The van der Waals surface area contributed by atoms with E-state index in [1.807, 2.05) is 43.5 Å². The van der Waals surface area contributed by atoms with Crippen molar-refractivity contribution in [1.82, 2.24) is 24.6 Å². The summed E-state index contributed by atoms with van der Waals surface area (Å²) in [5, 5.41) is 7.45. The number of aryl methyl sites for hydroxylation is 1. The van der Waals surface area contributed by atoms with E-state index in [4.69, 9.17) is 0 Å². The van der Waals surface area contributed by atoms with Crippen molar-refractivity contribution in [3.8, 4) is 11.4 Å². The summed E-state index contributed by atoms with van der Waals surface area (Å²) in [4.78, 5) is 27.4. The number of alkyl halides is 1. The molecule has 1 saturated heterocycles. The van der Waals surface area contributed by atoms with Gasteiger partial charge in [0.2, 0.25) is 11.9 Å². The van der Waals surface area contributed by atoms with Gasteiger partial charge >= 0.3 is 0 Å². The van der Waals surface area contributed by atoms with Gasteiger partial charge in [0.25, 0.3) is 0 Å². The van der Waals surface area contributed by atoms with E-state index in [9.17, 15) is 9.18 Å². The minimum Gasteiger partial charge on any atom is -0.326 e. The number of anilines is 2. The first-order valence-corrected chi connectivity index (χ1v) is 9.98. The monoisotopic (exact) mass is 417 g/mol. The van der Waals surface area contributed by atoms with Crippen LogP contribution in [0.5, 0.6) is 0 Å². The van der Waals surface area contributed by atoms with Crippen molar-refractivity contribution in [1.29, 1.82) is 0 Å². The predicted octanol–water partition coefficient (Wildman–Crippen LogP) is 3.05. The van der Waals surface area contributed by atoms with Crippen molar-refractivity contribution in [2.75, 3.05) is 16.8 Å². The zero-order valence-electron chi connectivity index (χ0n) is 16.8. The van der Waals surface area contributed by atoms with Crippen LogP contribution in [0.3, 0.4) is 0 Å². The van der Waals surface area contributed by atoms with Crippen molar-refractivity contribution >= 4 is 23.1 Å². The van der Waals surface area contributed by atoms with Crippen LogP contribution < -0.4 is 10.2 Å². The SMILES string of the molecule is Cc1ccc(NC(=O)[C@@H]2C[C@@H](F)CN2c2ncccn2)cc1-c1ncc2cccn2n1. The maximum atomic E-state index is 14.2. The Morgan fingerprint density at radius 3 is 2.84 bits per heavy atom. The summed E-state index contributed by atoms with van der Waals surface area (Å²) in [7, 11) is 0. The predicted molar refractivity (Wildman–Crippen MR) is 114 cm³/mol. The highest BCUT2D eigenvalue weighted by molar-refractivity contribution is 5.97. The van der Waals surface area contributed by atoms with Crippen molar-refractivity contribution in [3.63, 3.8) is 0 Å². The number of hydrogen-bond acceptors (Lipinski definition) is 6. The van der Waals surface area contributed by atoms with Crippen LogP contribution in [0.25, 0.3) is 16.9 Å². The number of rotatable bonds is 4. The van der Waals surface area contributed by atoms with E-state index in [1.54, 1.807) is 34.1 Å². The third kappa shape index (κ3) is 3.70. The van der Waals surface area contributed by atoms with E-state index in [2.05, 4.69) is 25.4 Å². The van der Waals surface area contributed by atoms with Gasteiger partial charge in [0.1, 0.15) is 12.2 Å². The molecule has 0 saturated carbocycles. The van der Waals surface area contributed by atoms with Gasteiger partial charge in [-0.25, -0.2) is 23.9 Å². The van der Waals surface area contributed by atoms with Crippen LogP contribution in [0.2, 0.25) is 0 Å². The van der Waals surface area contributed by atoms with Crippen molar-refractivity contribution in [2.24, 2.45) is 0 Å². The second kappa shape index (κ2) is 7.75. The molecule has 1 N–H and O–H groups in total. The van der Waals surface area contributed by atoms with Crippen LogP contribution in [0.4, 0.5) is 16.0 Å². The fourth-order valence-corrected chi connectivity index (χ4v) is 3.82. The summed E-state index contributed by atoms with van der Waals surface area (Å²) in [5.74, 6) is 0.603. The molecule has 5 rings (SSSR count). The summed E-state index contributed by atoms with van der Waals surface area (Å²) in [6.07, 6.45) is 5.75. The largest absolute Gasteiger partial charge is 0.326 e. The average Bonchev–Trinajstić information content (AvgIpc) is 3.41. The smallest absolute Gasteiger partial charge is 0.247 e. The second-order valence-corrected chi connectivity index (χ2v) is 7.53. The van der Waals surface area contributed by atoms with Crippen LogP contribution in [-0.2, 0) is 4.79 Å². The first-order valence-electron chi connectivity index (χ1n) is 9.98. The van der Waals surface area contributed by atoms with Gasteiger partial charge in [0.15, 0.2) is 5.82 Å². The lowest BCUT2D eigenvalue weighted by Gasteiger charge is -2.23. The quantitative estimate of drug-likeness (QED) is 0.549. The van der Waals surface area contributed by atoms with E-state index in [0.717, 1.165) is 16.6 Å². The fraction of sp³-hybridized carbons (Fsp3) is 0.227. The Bertz CT molecular complexity index is 1240. The molecule has 4 aromatic rings. The molecule has 3 aromatic heterocycles. The highest BCUT2D eigenvalue weighted by Gasteiger charge is 2.38.